The molecule has 9 heteroatoms. The van der Waals surface area contributed by atoms with Crippen molar-refractivity contribution in [3.05, 3.63) is 87.2 Å². The van der Waals surface area contributed by atoms with E-state index in [1.807, 2.05) is 45.0 Å². The van der Waals surface area contributed by atoms with Gasteiger partial charge in [-0.3, -0.25) is 19.7 Å². The Balaban J connectivity index is 1.65. The fourth-order valence-electron chi connectivity index (χ4n) is 3.15. The van der Waals surface area contributed by atoms with Gasteiger partial charge in [0.25, 0.3) is 5.69 Å². The Morgan fingerprint density at radius 2 is 1.74 bits per heavy atom. The van der Waals surface area contributed by atoms with Crippen molar-refractivity contribution in [2.45, 2.75) is 20.8 Å². The summed E-state index contributed by atoms with van der Waals surface area (Å²) >= 11 is 0. The Kier molecular flexibility index (Phi) is 6.25. The van der Waals surface area contributed by atoms with Gasteiger partial charge in [-0.15, -0.1) is 0 Å². The molecule has 0 aliphatic heterocycles. The van der Waals surface area contributed by atoms with Crippen molar-refractivity contribution in [3.63, 3.8) is 0 Å². The van der Waals surface area contributed by atoms with Crippen LogP contribution in [-0.2, 0) is 9.59 Å². The molecular formula is C22H21N5O4. The summed E-state index contributed by atoms with van der Waals surface area (Å²) in [5.74, 6) is -1.89. The van der Waals surface area contributed by atoms with Crippen molar-refractivity contribution in [3.8, 4) is 5.69 Å². The van der Waals surface area contributed by atoms with Gasteiger partial charge in [0.2, 0.25) is 0 Å². The maximum Gasteiger partial charge on any atom is 0.329 e. The van der Waals surface area contributed by atoms with Crippen LogP contribution in [0.5, 0.6) is 0 Å². The zero-order valence-electron chi connectivity index (χ0n) is 17.2. The maximum atomic E-state index is 12.0. The second-order valence-electron chi connectivity index (χ2n) is 6.96. The van der Waals surface area contributed by atoms with Crippen LogP contribution in [0.15, 0.2) is 59.7 Å². The van der Waals surface area contributed by atoms with Crippen molar-refractivity contribution in [2.24, 2.45) is 5.10 Å². The van der Waals surface area contributed by atoms with Gasteiger partial charge in [-0.1, -0.05) is 12.1 Å². The Labute approximate surface area is 178 Å². The molecule has 2 amide bonds. The molecule has 1 heterocycles. The summed E-state index contributed by atoms with van der Waals surface area (Å²) in [5.41, 5.74) is 7.25. The summed E-state index contributed by atoms with van der Waals surface area (Å²) in [6.45, 7) is 5.94. The minimum absolute atomic E-state index is 0.115. The van der Waals surface area contributed by atoms with Crippen LogP contribution in [0, 0.1) is 30.9 Å². The predicted octanol–water partition coefficient (Wildman–Crippen LogP) is 3.40. The van der Waals surface area contributed by atoms with Crippen LogP contribution in [0.2, 0.25) is 0 Å². The molecule has 3 aromatic rings. The third kappa shape index (κ3) is 5.02. The monoisotopic (exact) mass is 419 g/mol. The maximum absolute atomic E-state index is 12.0. The number of amides is 2. The lowest BCUT2D eigenvalue weighted by molar-refractivity contribution is -0.384. The molecule has 0 radical (unpaired) electrons. The fraction of sp³-hybridized carbons (Fsp3) is 0.136. The largest absolute Gasteiger partial charge is 0.329 e. The van der Waals surface area contributed by atoms with E-state index in [-0.39, 0.29) is 11.4 Å². The zero-order valence-corrected chi connectivity index (χ0v) is 17.2. The molecule has 0 fully saturated rings. The van der Waals surface area contributed by atoms with Crippen molar-refractivity contribution in [1.82, 2.24) is 9.99 Å². The number of nitrogens with zero attached hydrogens (tertiary/aromatic N) is 3. The van der Waals surface area contributed by atoms with Crippen LogP contribution < -0.4 is 10.7 Å². The first-order valence-electron chi connectivity index (χ1n) is 9.41. The van der Waals surface area contributed by atoms with Crippen LogP contribution in [-0.4, -0.2) is 27.5 Å². The smallest absolute Gasteiger partial charge is 0.318 e. The van der Waals surface area contributed by atoms with Crippen LogP contribution in [0.25, 0.3) is 5.69 Å². The average molecular weight is 419 g/mol. The number of aromatic nitrogens is 1. The molecular weight excluding hydrogens is 398 g/mol. The lowest BCUT2D eigenvalue weighted by Gasteiger charge is -2.10. The standard InChI is InChI=1S/C22H21N5O4/c1-14-5-4-6-20(11-14)26-15(2)12-17(16(26)3)13-23-25-22(29)21(28)24-18-7-9-19(10-8-18)27(30)31/h4-13H,1-3H3,(H,24,28)(H,25,29)/b23-13-. The molecule has 0 atom stereocenters. The van der Waals surface area contributed by atoms with Gasteiger partial charge >= 0.3 is 11.8 Å². The van der Waals surface area contributed by atoms with Gasteiger partial charge in [-0.25, -0.2) is 5.43 Å². The third-order valence-electron chi connectivity index (χ3n) is 4.64. The quantitative estimate of drug-likeness (QED) is 0.285. The van der Waals surface area contributed by atoms with Gasteiger partial charge in [-0.05, 0) is 56.7 Å². The molecule has 0 unspecified atom stereocenters. The molecule has 0 aliphatic carbocycles. The second-order valence-corrected chi connectivity index (χ2v) is 6.96. The van der Waals surface area contributed by atoms with Gasteiger partial charge in [-0.2, -0.15) is 5.10 Å². The average Bonchev–Trinajstić information content (AvgIpc) is 3.01. The highest BCUT2D eigenvalue weighted by Gasteiger charge is 2.14. The Hall–Kier alpha value is -4.27. The molecule has 0 saturated heterocycles. The fourth-order valence-corrected chi connectivity index (χ4v) is 3.15. The molecule has 0 aliphatic rings. The number of carbonyl (C=O) groups excluding carboxylic acids is 2. The summed E-state index contributed by atoms with van der Waals surface area (Å²) in [4.78, 5) is 34.1. The van der Waals surface area contributed by atoms with E-state index >= 15 is 0 Å². The molecule has 0 saturated carbocycles. The first kappa shape index (κ1) is 21.4. The third-order valence-corrected chi connectivity index (χ3v) is 4.64. The molecule has 1 aromatic heterocycles. The highest BCUT2D eigenvalue weighted by Crippen LogP contribution is 2.20. The molecule has 158 valence electrons. The van der Waals surface area contributed by atoms with E-state index in [1.54, 1.807) is 0 Å². The lowest BCUT2D eigenvalue weighted by Crippen LogP contribution is -2.32. The van der Waals surface area contributed by atoms with Crippen LogP contribution in [0.3, 0.4) is 0 Å². The summed E-state index contributed by atoms with van der Waals surface area (Å²) in [7, 11) is 0. The number of carbonyl (C=O) groups is 2. The Morgan fingerprint density at radius 1 is 1.03 bits per heavy atom. The number of nitro benzene ring substituents is 1. The van der Waals surface area contributed by atoms with E-state index in [0.717, 1.165) is 28.2 Å². The number of benzene rings is 2. The van der Waals surface area contributed by atoms with Crippen LogP contribution in [0.4, 0.5) is 11.4 Å². The van der Waals surface area contributed by atoms with Crippen molar-refractivity contribution < 1.29 is 14.5 Å². The molecule has 3 rings (SSSR count). The van der Waals surface area contributed by atoms with E-state index in [4.69, 9.17) is 0 Å². The first-order valence-corrected chi connectivity index (χ1v) is 9.41. The SMILES string of the molecule is Cc1cccc(-n2c(C)cc(/C=N\NC(=O)C(=O)Nc3ccc([N+](=O)[O-])cc3)c2C)c1. The zero-order chi connectivity index (χ0) is 22.5. The van der Waals surface area contributed by atoms with Gasteiger partial charge in [0.15, 0.2) is 0 Å². The number of nitrogens with one attached hydrogen (secondary N) is 2. The van der Waals surface area contributed by atoms with E-state index in [1.165, 1.54) is 30.5 Å². The minimum atomic E-state index is -0.956. The molecule has 2 aromatic carbocycles. The lowest BCUT2D eigenvalue weighted by atomic mass is 10.2. The van der Waals surface area contributed by atoms with Gasteiger partial charge in [0.05, 0.1) is 11.1 Å². The number of aryl methyl sites for hydroxylation is 2. The number of hydrogen-bond acceptors (Lipinski definition) is 5. The van der Waals surface area contributed by atoms with Crippen molar-refractivity contribution >= 4 is 29.4 Å². The summed E-state index contributed by atoms with van der Waals surface area (Å²) < 4.78 is 2.08. The first-order chi connectivity index (χ1) is 14.8. The van der Waals surface area contributed by atoms with E-state index < -0.39 is 16.7 Å². The number of hydrazone groups is 1. The van der Waals surface area contributed by atoms with Gasteiger partial charge in [0, 0.05) is 40.5 Å². The summed E-state index contributed by atoms with van der Waals surface area (Å²) in [5, 5.41) is 16.9. The number of hydrogen-bond donors (Lipinski definition) is 2. The Bertz CT molecular complexity index is 1180. The van der Waals surface area contributed by atoms with Gasteiger partial charge in [0.1, 0.15) is 0 Å². The number of non-ortho nitro benzene ring substituents is 1. The Morgan fingerprint density at radius 3 is 2.39 bits per heavy atom. The van der Waals surface area contributed by atoms with Crippen LogP contribution >= 0.6 is 0 Å². The molecule has 0 bridgehead atoms. The van der Waals surface area contributed by atoms with E-state index in [0.29, 0.717) is 0 Å². The van der Waals surface area contributed by atoms with Crippen molar-refractivity contribution in [1.29, 1.82) is 0 Å². The number of rotatable bonds is 5. The van der Waals surface area contributed by atoms with Crippen molar-refractivity contribution in [2.75, 3.05) is 5.32 Å². The molecule has 9 nitrogen and oxygen atoms in total. The molecule has 0 spiro atoms. The van der Waals surface area contributed by atoms with Gasteiger partial charge < -0.3 is 9.88 Å². The topological polar surface area (TPSA) is 119 Å². The minimum Gasteiger partial charge on any atom is -0.318 e. The second kappa shape index (κ2) is 9.04. The van der Waals surface area contributed by atoms with E-state index in [2.05, 4.69) is 26.5 Å². The molecule has 2 N–H and O–H groups in total. The normalized spacial score (nSPS) is 10.8. The summed E-state index contributed by atoms with van der Waals surface area (Å²) in [6, 6.07) is 15.2. The number of nitro groups is 1. The van der Waals surface area contributed by atoms with E-state index in [9.17, 15) is 19.7 Å². The van der Waals surface area contributed by atoms with Crippen LogP contribution in [0.1, 0.15) is 22.5 Å². The summed E-state index contributed by atoms with van der Waals surface area (Å²) in [6.07, 6.45) is 1.48. The predicted molar refractivity (Wildman–Crippen MR) is 117 cm³/mol. The molecule has 31 heavy (non-hydrogen) atoms. The highest BCUT2D eigenvalue weighted by molar-refractivity contribution is 6.39. The number of anilines is 1. The highest BCUT2D eigenvalue weighted by atomic mass is 16.6.